The van der Waals surface area contributed by atoms with Gasteiger partial charge in [0.15, 0.2) is 6.29 Å². The van der Waals surface area contributed by atoms with E-state index in [9.17, 15) is 20.1 Å². The number of hydrogen-bond acceptors (Lipinski definition) is 10. The van der Waals surface area contributed by atoms with Gasteiger partial charge in [-0.1, -0.05) is 41.5 Å². The number of nitrogens with zero attached hydrogens (tertiary/aromatic N) is 1. The van der Waals surface area contributed by atoms with E-state index in [2.05, 4.69) is 49.0 Å². The van der Waals surface area contributed by atoms with E-state index in [0.29, 0.717) is 25.8 Å². The lowest BCUT2D eigenvalue weighted by Gasteiger charge is -2.51. The molecule has 0 aromatic carbocycles. The highest BCUT2D eigenvalue weighted by Crippen LogP contribution is 2.47. The molecule has 2 aliphatic rings. The third-order valence-corrected chi connectivity index (χ3v) is 13.0. The van der Waals surface area contributed by atoms with Crippen LogP contribution in [0.2, 0.25) is 0 Å². The van der Waals surface area contributed by atoms with Crippen molar-refractivity contribution in [2.24, 2.45) is 29.1 Å². The summed E-state index contributed by atoms with van der Waals surface area (Å²) in [7, 11) is 1.72. The lowest BCUT2D eigenvalue weighted by atomic mass is 9.62. The number of halogens is 1. The number of cyclic esters (lactones) is 1. The molecule has 0 saturated carbocycles. The van der Waals surface area contributed by atoms with Crippen LogP contribution >= 0.6 is 22.9 Å². The lowest BCUT2D eigenvalue weighted by Crippen LogP contribution is -2.58. The molecule has 2 fully saturated rings. The Kier molecular flexibility index (Phi) is 15.3. The molecule has 0 aromatic heterocycles. The molecule has 4 N–H and O–H groups in total. The largest absolute Gasteiger partial charge is 0.459 e. The zero-order chi connectivity index (χ0) is 35.4. The van der Waals surface area contributed by atoms with Crippen LogP contribution in [0.5, 0.6) is 0 Å². The zero-order valence-corrected chi connectivity index (χ0v) is 33.1. The molecule has 0 bridgehead atoms. The minimum atomic E-state index is -1.70. The van der Waals surface area contributed by atoms with Gasteiger partial charge in [-0.2, -0.15) is 0 Å². The first-order valence-corrected chi connectivity index (χ1v) is 18.4. The highest BCUT2D eigenvalue weighted by atomic mass is 127. The quantitative estimate of drug-likeness (QED) is 0.115. The number of methoxy groups -OCH3 is 1. The molecule has 10 nitrogen and oxygen atoms in total. The number of aliphatic hydroxyl groups is 3. The molecule has 0 radical (unpaired) electrons. The molecule has 2 heterocycles. The maximum Gasteiger partial charge on any atom is 0.311 e. The molecule has 0 amide bonds. The standard InChI is InChI=1S/C35H67IN2O8/c1-14-16-37-19-26-25(7)44-28(18-33(26,10)43-13)46-29-22(4)31(40)45-27(15-2)35(12,42)30(39)24(6)38(36)20-21(3)17-34(11,41)32(8,9)23(29)5/h21-30,37,39,41-42H,14-20H2,1-13H3/t21-,22-,23+,24-,25+,26-,27-,28+,29-,30-,33-,34-,35-/m1/s1. The predicted molar refractivity (Wildman–Crippen MR) is 189 cm³/mol. The molecule has 0 spiro atoms. The van der Waals surface area contributed by atoms with Gasteiger partial charge in [0.2, 0.25) is 0 Å². The van der Waals surface area contributed by atoms with Crippen LogP contribution in [0, 0.1) is 29.1 Å². The molecule has 46 heavy (non-hydrogen) atoms. The smallest absolute Gasteiger partial charge is 0.311 e. The first-order chi connectivity index (χ1) is 21.1. The summed E-state index contributed by atoms with van der Waals surface area (Å²) >= 11 is 2.18. The number of esters is 1. The number of carbonyl (C=O) groups is 1. The minimum absolute atomic E-state index is 0.0583. The highest BCUT2D eigenvalue weighted by Gasteiger charge is 2.53. The molecule has 2 aliphatic heterocycles. The summed E-state index contributed by atoms with van der Waals surface area (Å²) in [4.78, 5) is 14.0. The summed E-state index contributed by atoms with van der Waals surface area (Å²) in [6, 6.07) is -0.442. The van der Waals surface area contributed by atoms with Gasteiger partial charge >= 0.3 is 5.97 Å². The van der Waals surface area contributed by atoms with E-state index in [0.717, 1.165) is 19.5 Å². The van der Waals surface area contributed by atoms with Gasteiger partial charge in [0.05, 0.1) is 29.3 Å². The van der Waals surface area contributed by atoms with Crippen LogP contribution in [0.4, 0.5) is 0 Å². The maximum atomic E-state index is 14.0. The first-order valence-electron chi connectivity index (χ1n) is 17.4. The van der Waals surface area contributed by atoms with Crippen LogP contribution in [0.15, 0.2) is 0 Å². The Labute approximate surface area is 293 Å². The Bertz CT molecular complexity index is 967. The molecule has 11 heteroatoms. The van der Waals surface area contributed by atoms with Gasteiger partial charge in [-0.15, -0.1) is 0 Å². The zero-order valence-electron chi connectivity index (χ0n) is 30.9. The van der Waals surface area contributed by atoms with Crippen molar-refractivity contribution in [1.29, 1.82) is 0 Å². The van der Waals surface area contributed by atoms with Crippen molar-refractivity contribution < 1.29 is 39.1 Å². The normalized spacial score (nSPS) is 45.5. The number of rotatable bonds is 8. The Morgan fingerprint density at radius 2 is 1.65 bits per heavy atom. The van der Waals surface area contributed by atoms with E-state index < -0.39 is 64.7 Å². The fraction of sp³-hybridized carbons (Fsp3) is 0.971. The highest BCUT2D eigenvalue weighted by molar-refractivity contribution is 14.1. The number of carbonyl (C=O) groups excluding carboxylic acids is 1. The van der Waals surface area contributed by atoms with Gasteiger partial charge in [-0.25, -0.2) is 3.11 Å². The summed E-state index contributed by atoms with van der Waals surface area (Å²) in [5.41, 5.74) is -4.07. The van der Waals surface area contributed by atoms with Gasteiger partial charge in [-0.3, -0.25) is 4.79 Å². The summed E-state index contributed by atoms with van der Waals surface area (Å²) in [5.74, 6) is -1.48. The predicted octanol–water partition coefficient (Wildman–Crippen LogP) is 5.09. The fourth-order valence-electron chi connectivity index (χ4n) is 7.54. The molecule has 2 rings (SSSR count). The number of nitrogens with one attached hydrogen (secondary N) is 1. The second kappa shape index (κ2) is 16.7. The maximum absolute atomic E-state index is 14.0. The second-order valence-corrected chi connectivity index (χ2v) is 16.9. The Balaban J connectivity index is 2.56. The van der Waals surface area contributed by atoms with Crippen molar-refractivity contribution in [1.82, 2.24) is 8.43 Å². The van der Waals surface area contributed by atoms with Gasteiger partial charge in [-0.05, 0) is 84.6 Å². The summed E-state index contributed by atoms with van der Waals surface area (Å²) in [6.45, 7) is 25.5. The number of aliphatic hydroxyl groups excluding tert-OH is 1. The van der Waals surface area contributed by atoms with Crippen molar-refractivity contribution in [3.63, 3.8) is 0 Å². The monoisotopic (exact) mass is 770 g/mol. The molecular formula is C35H67IN2O8. The second-order valence-electron chi connectivity index (χ2n) is 15.6. The van der Waals surface area contributed by atoms with E-state index in [1.54, 1.807) is 14.0 Å². The SMILES string of the molecule is CCCNC[C@@H]1[C@H](C)O[C@@H](O[C@@H]2[C@@H](C)C(=O)O[C@H](CC)[C@@](C)(O)[C@H](O)[C@@H](C)N(I)C[C@H](C)C[C@@](C)(O)C(C)(C)[C@H]2C)C[C@@]1(C)OC. The Hall–Kier alpha value is -0.120. The molecule has 0 aromatic rings. The summed E-state index contributed by atoms with van der Waals surface area (Å²) < 4.78 is 27.4. The third kappa shape index (κ3) is 9.35. The van der Waals surface area contributed by atoms with Gasteiger partial charge in [0.25, 0.3) is 0 Å². The van der Waals surface area contributed by atoms with Crippen LogP contribution in [-0.4, -0.2) is 105 Å². The number of ether oxygens (including phenoxy) is 4. The van der Waals surface area contributed by atoms with E-state index in [4.69, 9.17) is 18.9 Å². The van der Waals surface area contributed by atoms with Crippen LogP contribution in [0.25, 0.3) is 0 Å². The van der Waals surface area contributed by atoms with Crippen LogP contribution in [0.1, 0.15) is 109 Å². The van der Waals surface area contributed by atoms with E-state index in [-0.39, 0.29) is 23.9 Å². The Morgan fingerprint density at radius 3 is 2.20 bits per heavy atom. The number of hydrogen-bond donors (Lipinski definition) is 4. The van der Waals surface area contributed by atoms with Crippen molar-refractivity contribution in [3.05, 3.63) is 0 Å². The molecule has 0 aliphatic carbocycles. The fourth-order valence-corrected chi connectivity index (χ4v) is 8.51. The molecule has 2 saturated heterocycles. The van der Waals surface area contributed by atoms with Crippen LogP contribution < -0.4 is 5.32 Å². The van der Waals surface area contributed by atoms with Crippen molar-refractivity contribution in [2.45, 2.75) is 162 Å². The van der Waals surface area contributed by atoms with E-state index in [1.165, 1.54) is 6.92 Å². The summed E-state index contributed by atoms with van der Waals surface area (Å²) in [6.07, 6.45) is -1.38. The summed E-state index contributed by atoms with van der Waals surface area (Å²) in [5, 5.41) is 38.6. The Morgan fingerprint density at radius 1 is 1.04 bits per heavy atom. The average Bonchev–Trinajstić information content (AvgIpc) is 2.97. The van der Waals surface area contributed by atoms with Crippen molar-refractivity contribution in [2.75, 3.05) is 26.7 Å². The van der Waals surface area contributed by atoms with Gasteiger partial charge in [0, 0.05) is 61.4 Å². The first kappa shape index (κ1) is 42.0. The lowest BCUT2D eigenvalue weighted by molar-refractivity contribution is -0.289. The topological polar surface area (TPSA) is 130 Å². The van der Waals surface area contributed by atoms with Crippen LogP contribution in [0.3, 0.4) is 0 Å². The van der Waals surface area contributed by atoms with Gasteiger partial charge in [0.1, 0.15) is 17.8 Å². The van der Waals surface area contributed by atoms with Crippen molar-refractivity contribution in [3.8, 4) is 0 Å². The molecule has 272 valence electrons. The van der Waals surface area contributed by atoms with Crippen molar-refractivity contribution >= 4 is 28.8 Å². The van der Waals surface area contributed by atoms with E-state index >= 15 is 0 Å². The molecule has 0 unspecified atom stereocenters. The molecular weight excluding hydrogens is 703 g/mol. The van der Waals surface area contributed by atoms with E-state index in [1.807, 2.05) is 51.6 Å². The van der Waals surface area contributed by atoms with Crippen LogP contribution in [-0.2, 0) is 23.7 Å². The average molecular weight is 771 g/mol. The minimum Gasteiger partial charge on any atom is -0.459 e. The third-order valence-electron chi connectivity index (χ3n) is 11.8. The van der Waals surface area contributed by atoms with Gasteiger partial charge < -0.3 is 39.6 Å². The molecule has 13 atom stereocenters.